The Morgan fingerprint density at radius 2 is 1.74 bits per heavy atom. The number of rotatable bonds is 7. The number of nitrogens with zero attached hydrogens (tertiary/aromatic N) is 2. The number of benzene rings is 2. The molecule has 11 heteroatoms. The second-order valence-electron chi connectivity index (χ2n) is 7.73. The highest BCUT2D eigenvalue weighted by Gasteiger charge is 2.19. The molecule has 5 rings (SSSR count). The Bertz CT molecular complexity index is 1530. The van der Waals surface area contributed by atoms with Crippen molar-refractivity contribution in [1.82, 2.24) is 9.13 Å². The molecule has 180 valence electrons. The molecule has 0 atom stereocenters. The molecule has 0 saturated carbocycles. The molecule has 10 nitrogen and oxygen atoms in total. The lowest BCUT2D eigenvalue weighted by molar-refractivity contribution is -0.116. The summed E-state index contributed by atoms with van der Waals surface area (Å²) in [5.74, 6) is 1.74. The minimum Gasteiger partial charge on any atom is -0.497 e. The van der Waals surface area contributed by atoms with Crippen LogP contribution in [0.15, 0.2) is 57.4 Å². The SMILES string of the molecule is COc1cc(NC(=O)Cn2c(=O)n(Cc3ccc4c(c3)OCO4)c(=O)c3sccc32)cc(OC)c1. The van der Waals surface area contributed by atoms with Crippen LogP contribution in [0.4, 0.5) is 5.69 Å². The first-order valence-electron chi connectivity index (χ1n) is 10.6. The lowest BCUT2D eigenvalue weighted by Crippen LogP contribution is -2.41. The zero-order valence-corrected chi connectivity index (χ0v) is 19.7. The Kier molecular flexibility index (Phi) is 5.91. The molecule has 1 aliphatic heterocycles. The molecule has 1 aliphatic rings. The predicted molar refractivity (Wildman–Crippen MR) is 130 cm³/mol. The number of amides is 1. The summed E-state index contributed by atoms with van der Waals surface area (Å²) in [6.45, 7) is -0.134. The molecule has 0 spiro atoms. The first-order chi connectivity index (χ1) is 17.0. The molecule has 3 heterocycles. The Morgan fingerprint density at radius 1 is 1.00 bits per heavy atom. The number of nitrogens with one attached hydrogen (secondary N) is 1. The van der Waals surface area contributed by atoms with Gasteiger partial charge < -0.3 is 24.3 Å². The number of methoxy groups -OCH3 is 2. The van der Waals surface area contributed by atoms with Gasteiger partial charge in [0.2, 0.25) is 12.7 Å². The van der Waals surface area contributed by atoms with Gasteiger partial charge in [0.25, 0.3) is 5.56 Å². The first-order valence-corrected chi connectivity index (χ1v) is 11.5. The summed E-state index contributed by atoms with van der Waals surface area (Å²) in [6, 6.07) is 11.9. The molecular formula is C24H21N3O7S. The number of hydrogen-bond donors (Lipinski definition) is 1. The number of anilines is 1. The molecule has 0 saturated heterocycles. The third-order valence-corrected chi connectivity index (χ3v) is 6.44. The van der Waals surface area contributed by atoms with E-state index in [1.807, 2.05) is 0 Å². The number of fused-ring (bicyclic) bond motifs is 2. The number of hydrogen-bond acceptors (Lipinski definition) is 8. The lowest BCUT2D eigenvalue weighted by atomic mass is 10.2. The summed E-state index contributed by atoms with van der Waals surface area (Å²) in [5, 5.41) is 4.48. The highest BCUT2D eigenvalue weighted by Crippen LogP contribution is 2.32. The number of carbonyl (C=O) groups excluding carboxylic acids is 1. The maximum absolute atomic E-state index is 13.4. The van der Waals surface area contributed by atoms with Crippen LogP contribution in [0.25, 0.3) is 10.2 Å². The number of aromatic nitrogens is 2. The van der Waals surface area contributed by atoms with Gasteiger partial charge in [-0.25, -0.2) is 4.79 Å². The monoisotopic (exact) mass is 495 g/mol. The molecule has 2 aromatic heterocycles. The van der Waals surface area contributed by atoms with Gasteiger partial charge in [0.1, 0.15) is 22.7 Å². The Hall–Kier alpha value is -4.25. The minimum atomic E-state index is -0.586. The van der Waals surface area contributed by atoms with Gasteiger partial charge in [0, 0.05) is 23.9 Å². The van der Waals surface area contributed by atoms with E-state index in [9.17, 15) is 14.4 Å². The van der Waals surface area contributed by atoms with E-state index in [2.05, 4.69) is 5.32 Å². The van der Waals surface area contributed by atoms with Crippen molar-refractivity contribution in [1.29, 1.82) is 0 Å². The van der Waals surface area contributed by atoms with Crippen LogP contribution in [0, 0.1) is 0 Å². The molecule has 2 aromatic carbocycles. The summed E-state index contributed by atoms with van der Waals surface area (Å²) in [6.07, 6.45) is 0. The van der Waals surface area contributed by atoms with E-state index in [1.54, 1.807) is 47.8 Å². The van der Waals surface area contributed by atoms with Gasteiger partial charge in [-0.3, -0.25) is 18.7 Å². The summed E-state index contributed by atoms with van der Waals surface area (Å²) in [5.41, 5.74) is 0.562. The van der Waals surface area contributed by atoms with Crippen molar-refractivity contribution >= 4 is 33.1 Å². The predicted octanol–water partition coefficient (Wildman–Crippen LogP) is 2.66. The number of ether oxygens (including phenoxy) is 4. The fourth-order valence-corrected chi connectivity index (χ4v) is 4.71. The standard InChI is InChI=1S/C24H21N3O7S/c1-31-16-8-15(9-17(10-16)32-2)25-21(28)12-26-18-5-6-35-22(18)23(29)27(24(26)30)11-14-3-4-19-20(7-14)34-13-33-19/h3-10H,11-13H2,1-2H3,(H,25,28). The molecule has 4 aromatic rings. The first kappa shape index (κ1) is 22.5. The van der Waals surface area contributed by atoms with Crippen LogP contribution >= 0.6 is 11.3 Å². The van der Waals surface area contributed by atoms with Crippen molar-refractivity contribution in [3.8, 4) is 23.0 Å². The van der Waals surface area contributed by atoms with E-state index >= 15 is 0 Å². The molecule has 0 unspecified atom stereocenters. The van der Waals surface area contributed by atoms with E-state index in [1.165, 1.54) is 30.1 Å². The Balaban J connectivity index is 1.47. The molecule has 35 heavy (non-hydrogen) atoms. The average molecular weight is 496 g/mol. The minimum absolute atomic E-state index is 0.0247. The number of carbonyl (C=O) groups is 1. The highest BCUT2D eigenvalue weighted by molar-refractivity contribution is 7.17. The molecular weight excluding hydrogens is 474 g/mol. The van der Waals surface area contributed by atoms with Crippen LogP contribution in [-0.4, -0.2) is 36.1 Å². The van der Waals surface area contributed by atoms with Crippen LogP contribution < -0.4 is 35.5 Å². The molecule has 1 N–H and O–H groups in total. The van der Waals surface area contributed by atoms with Crippen molar-refractivity contribution in [3.63, 3.8) is 0 Å². The molecule has 0 bridgehead atoms. The maximum Gasteiger partial charge on any atom is 0.332 e. The maximum atomic E-state index is 13.4. The largest absolute Gasteiger partial charge is 0.497 e. The van der Waals surface area contributed by atoms with Gasteiger partial charge in [-0.15, -0.1) is 11.3 Å². The van der Waals surface area contributed by atoms with Crippen molar-refractivity contribution < 1.29 is 23.7 Å². The summed E-state index contributed by atoms with van der Waals surface area (Å²) in [4.78, 5) is 39.4. The smallest absolute Gasteiger partial charge is 0.332 e. The average Bonchev–Trinajstić information content (AvgIpc) is 3.53. The molecule has 1 amide bonds. The van der Waals surface area contributed by atoms with E-state index in [4.69, 9.17) is 18.9 Å². The quantitative estimate of drug-likeness (QED) is 0.420. The van der Waals surface area contributed by atoms with Gasteiger partial charge in [-0.1, -0.05) is 6.07 Å². The normalized spacial score (nSPS) is 12.1. The zero-order chi connectivity index (χ0) is 24.5. The lowest BCUT2D eigenvalue weighted by Gasteiger charge is -2.13. The Morgan fingerprint density at radius 3 is 2.49 bits per heavy atom. The van der Waals surface area contributed by atoms with Crippen LogP contribution in [-0.2, 0) is 17.9 Å². The van der Waals surface area contributed by atoms with Gasteiger partial charge in [0.05, 0.1) is 26.3 Å². The van der Waals surface area contributed by atoms with Crippen LogP contribution in [0.2, 0.25) is 0 Å². The van der Waals surface area contributed by atoms with Gasteiger partial charge in [0.15, 0.2) is 11.5 Å². The molecule has 0 radical (unpaired) electrons. The Labute approximate surface area is 202 Å². The van der Waals surface area contributed by atoms with E-state index in [-0.39, 0.29) is 19.9 Å². The molecule has 0 fully saturated rings. The summed E-state index contributed by atoms with van der Waals surface area (Å²) < 4.78 is 24.0. The van der Waals surface area contributed by atoms with Gasteiger partial charge in [-0.2, -0.15) is 0 Å². The van der Waals surface area contributed by atoms with Gasteiger partial charge >= 0.3 is 5.69 Å². The van der Waals surface area contributed by atoms with E-state index < -0.39 is 17.2 Å². The van der Waals surface area contributed by atoms with E-state index in [0.29, 0.717) is 44.5 Å². The van der Waals surface area contributed by atoms with Gasteiger partial charge in [-0.05, 0) is 29.1 Å². The molecule has 0 aliphatic carbocycles. The van der Waals surface area contributed by atoms with Crippen LogP contribution in [0.1, 0.15) is 5.56 Å². The zero-order valence-electron chi connectivity index (χ0n) is 18.9. The third kappa shape index (κ3) is 4.33. The van der Waals surface area contributed by atoms with E-state index in [0.717, 1.165) is 4.57 Å². The fraction of sp³-hybridized carbons (Fsp3) is 0.208. The van der Waals surface area contributed by atoms with Crippen LogP contribution in [0.3, 0.4) is 0 Å². The van der Waals surface area contributed by atoms with Crippen molar-refractivity contribution in [2.75, 3.05) is 26.3 Å². The second kappa shape index (κ2) is 9.18. The topological polar surface area (TPSA) is 110 Å². The number of thiophene rings is 1. The summed E-state index contributed by atoms with van der Waals surface area (Å²) >= 11 is 1.22. The van der Waals surface area contributed by atoms with Crippen molar-refractivity contribution in [2.45, 2.75) is 13.1 Å². The second-order valence-corrected chi connectivity index (χ2v) is 8.65. The van der Waals surface area contributed by atoms with Crippen molar-refractivity contribution in [2.24, 2.45) is 0 Å². The summed E-state index contributed by atoms with van der Waals surface area (Å²) in [7, 11) is 3.02. The highest BCUT2D eigenvalue weighted by atomic mass is 32.1. The fourth-order valence-electron chi connectivity index (χ4n) is 3.87. The van der Waals surface area contributed by atoms with Crippen molar-refractivity contribution in [3.05, 3.63) is 74.2 Å². The van der Waals surface area contributed by atoms with Crippen LogP contribution in [0.5, 0.6) is 23.0 Å². The third-order valence-electron chi connectivity index (χ3n) is 5.55.